The average molecular weight is 445 g/mol. The Labute approximate surface area is 188 Å². The van der Waals surface area contributed by atoms with Crippen molar-refractivity contribution in [3.8, 4) is 5.75 Å². The van der Waals surface area contributed by atoms with Crippen molar-refractivity contribution in [1.82, 2.24) is 0 Å². The van der Waals surface area contributed by atoms with E-state index in [1.165, 1.54) is 24.3 Å². The molecule has 2 heterocycles. The van der Waals surface area contributed by atoms with E-state index >= 15 is 0 Å². The molecular weight excluding hydrogens is 426 g/mol. The minimum Gasteiger partial charge on any atom is -0.497 e. The Kier molecular flexibility index (Phi) is 5.02. The molecule has 3 aromatic rings. The van der Waals surface area contributed by atoms with Crippen molar-refractivity contribution in [2.24, 2.45) is 5.92 Å². The minimum absolute atomic E-state index is 0.150. The lowest BCUT2D eigenvalue weighted by molar-refractivity contribution is -0.384. The number of nitro benzene ring substituents is 1. The first-order chi connectivity index (χ1) is 16.0. The molecule has 0 spiro atoms. The molecule has 3 unspecified atom stereocenters. The highest BCUT2D eigenvalue weighted by Crippen LogP contribution is 2.47. The first kappa shape index (κ1) is 20.7. The molecule has 0 aliphatic carbocycles. The zero-order valence-corrected chi connectivity index (χ0v) is 17.5. The maximum atomic E-state index is 13.6. The third kappa shape index (κ3) is 3.39. The van der Waals surface area contributed by atoms with Gasteiger partial charge in [-0.25, -0.2) is 9.96 Å². The van der Waals surface area contributed by atoms with Gasteiger partial charge in [0.1, 0.15) is 11.7 Å². The van der Waals surface area contributed by atoms with Crippen molar-refractivity contribution in [3.63, 3.8) is 0 Å². The molecule has 3 atom stereocenters. The van der Waals surface area contributed by atoms with Crippen LogP contribution in [0.3, 0.4) is 0 Å². The Morgan fingerprint density at radius 1 is 0.909 bits per heavy atom. The minimum atomic E-state index is -1.05. The summed E-state index contributed by atoms with van der Waals surface area (Å²) >= 11 is 0. The normalized spacial score (nSPS) is 21.9. The molecule has 2 aliphatic heterocycles. The number of ether oxygens (including phenoxy) is 1. The average Bonchev–Trinajstić information content (AvgIpc) is 3.35. The van der Waals surface area contributed by atoms with Gasteiger partial charge >= 0.3 is 0 Å². The number of carbonyl (C=O) groups is 2. The number of hydrogen-bond acceptors (Lipinski definition) is 7. The largest absolute Gasteiger partial charge is 0.497 e. The Hall–Kier alpha value is -4.24. The van der Waals surface area contributed by atoms with Crippen molar-refractivity contribution < 1.29 is 24.1 Å². The fourth-order valence-electron chi connectivity index (χ4n) is 4.35. The fourth-order valence-corrected chi connectivity index (χ4v) is 4.35. The summed E-state index contributed by atoms with van der Waals surface area (Å²) in [7, 11) is 1.57. The van der Waals surface area contributed by atoms with Crippen LogP contribution in [-0.4, -0.2) is 30.0 Å². The zero-order chi connectivity index (χ0) is 23.1. The van der Waals surface area contributed by atoms with Crippen LogP contribution < -0.4 is 14.7 Å². The van der Waals surface area contributed by atoms with Crippen LogP contribution in [-0.2, 0) is 14.4 Å². The van der Waals surface area contributed by atoms with Crippen LogP contribution in [0.25, 0.3) is 0 Å². The van der Waals surface area contributed by atoms with Crippen molar-refractivity contribution in [3.05, 3.63) is 94.5 Å². The molecule has 0 radical (unpaired) electrons. The number of non-ortho nitro benzene ring substituents is 1. The first-order valence-electron chi connectivity index (χ1n) is 10.3. The van der Waals surface area contributed by atoms with Gasteiger partial charge in [-0.15, -0.1) is 0 Å². The Morgan fingerprint density at radius 3 is 2.27 bits per heavy atom. The van der Waals surface area contributed by atoms with Crippen LogP contribution in [0.1, 0.15) is 11.6 Å². The lowest BCUT2D eigenvalue weighted by Gasteiger charge is -2.28. The molecule has 33 heavy (non-hydrogen) atoms. The van der Waals surface area contributed by atoms with E-state index in [-0.39, 0.29) is 11.4 Å². The second kappa shape index (κ2) is 8.03. The number of para-hydroxylation sites is 1. The summed E-state index contributed by atoms with van der Waals surface area (Å²) in [6, 6.07) is 21.4. The standard InChI is InChI=1S/C24H19N3O6/c1-32-19-12-10-15(11-13-19)21-20-22(33-26(21)16-6-3-2-4-7-16)24(29)25(23(20)28)17-8-5-9-18(14-17)27(30)31/h2-14,20-22H,1H3. The quantitative estimate of drug-likeness (QED) is 0.336. The van der Waals surface area contributed by atoms with Gasteiger partial charge in [0.25, 0.3) is 11.6 Å². The molecule has 9 heteroatoms. The summed E-state index contributed by atoms with van der Waals surface area (Å²) in [5, 5.41) is 12.8. The van der Waals surface area contributed by atoms with E-state index in [9.17, 15) is 19.7 Å². The third-order valence-corrected chi connectivity index (χ3v) is 5.88. The fraction of sp³-hybridized carbons (Fsp3) is 0.167. The number of nitro groups is 1. The van der Waals surface area contributed by atoms with Crippen molar-refractivity contribution in [1.29, 1.82) is 0 Å². The number of amides is 2. The van der Waals surface area contributed by atoms with Gasteiger partial charge in [0, 0.05) is 12.1 Å². The van der Waals surface area contributed by atoms with E-state index in [2.05, 4.69) is 0 Å². The molecule has 0 aromatic heterocycles. The van der Waals surface area contributed by atoms with Crippen molar-refractivity contribution in [2.45, 2.75) is 12.1 Å². The topological polar surface area (TPSA) is 102 Å². The van der Waals surface area contributed by atoms with Gasteiger partial charge < -0.3 is 4.74 Å². The number of hydroxylamine groups is 1. The van der Waals surface area contributed by atoms with Gasteiger partial charge in [0.15, 0.2) is 6.10 Å². The van der Waals surface area contributed by atoms with E-state index < -0.39 is 34.8 Å². The monoisotopic (exact) mass is 445 g/mol. The summed E-state index contributed by atoms with van der Waals surface area (Å²) in [5.74, 6) is -1.19. The van der Waals surface area contributed by atoms with Crippen LogP contribution in [0.4, 0.5) is 17.1 Å². The molecule has 9 nitrogen and oxygen atoms in total. The highest BCUT2D eigenvalue weighted by Gasteiger charge is 2.60. The number of benzene rings is 3. The molecular formula is C24H19N3O6. The maximum Gasteiger partial charge on any atom is 0.271 e. The molecule has 3 aromatic carbocycles. The van der Waals surface area contributed by atoms with Gasteiger partial charge in [-0.1, -0.05) is 36.4 Å². The van der Waals surface area contributed by atoms with E-state index in [1.807, 2.05) is 42.5 Å². The number of nitrogens with zero attached hydrogens (tertiary/aromatic N) is 3. The number of imide groups is 1. The number of carbonyl (C=O) groups excluding carboxylic acids is 2. The highest BCUT2D eigenvalue weighted by atomic mass is 16.7. The summed E-state index contributed by atoms with van der Waals surface area (Å²) in [4.78, 5) is 44.5. The molecule has 5 rings (SSSR count). The number of methoxy groups -OCH3 is 1. The van der Waals surface area contributed by atoms with Gasteiger partial charge in [-0.3, -0.25) is 24.5 Å². The molecule has 166 valence electrons. The van der Waals surface area contributed by atoms with Crippen LogP contribution >= 0.6 is 0 Å². The molecule has 2 aliphatic rings. The van der Waals surface area contributed by atoms with E-state index in [0.29, 0.717) is 11.4 Å². The predicted octanol–water partition coefficient (Wildman–Crippen LogP) is 3.65. The SMILES string of the molecule is COc1ccc(C2C3C(=O)N(c4cccc([N+](=O)[O-])c4)C(=O)C3ON2c2ccccc2)cc1. The zero-order valence-electron chi connectivity index (χ0n) is 17.5. The smallest absolute Gasteiger partial charge is 0.271 e. The summed E-state index contributed by atoms with van der Waals surface area (Å²) in [5.41, 5.74) is 1.42. The molecule has 2 fully saturated rings. The lowest BCUT2D eigenvalue weighted by Crippen LogP contribution is -2.37. The van der Waals surface area contributed by atoms with Gasteiger partial charge in [0.05, 0.1) is 29.4 Å². The van der Waals surface area contributed by atoms with Gasteiger partial charge in [-0.2, -0.15) is 0 Å². The molecule has 0 saturated carbocycles. The Morgan fingerprint density at radius 2 is 1.61 bits per heavy atom. The number of anilines is 2. The summed E-state index contributed by atoms with van der Waals surface area (Å²) in [6.45, 7) is 0. The van der Waals surface area contributed by atoms with Crippen LogP contribution in [0.15, 0.2) is 78.9 Å². The second-order valence-electron chi connectivity index (χ2n) is 7.72. The molecule has 0 N–H and O–H groups in total. The second-order valence-corrected chi connectivity index (χ2v) is 7.72. The highest BCUT2D eigenvalue weighted by molar-refractivity contribution is 6.24. The molecule has 2 saturated heterocycles. The predicted molar refractivity (Wildman–Crippen MR) is 119 cm³/mol. The van der Waals surface area contributed by atoms with Crippen LogP contribution in [0.2, 0.25) is 0 Å². The third-order valence-electron chi connectivity index (χ3n) is 5.88. The van der Waals surface area contributed by atoms with Crippen LogP contribution in [0, 0.1) is 16.0 Å². The van der Waals surface area contributed by atoms with E-state index in [4.69, 9.17) is 9.57 Å². The number of rotatable bonds is 5. The van der Waals surface area contributed by atoms with Crippen molar-refractivity contribution >= 4 is 28.9 Å². The summed E-state index contributed by atoms with van der Waals surface area (Å²) < 4.78 is 5.24. The molecule has 2 amide bonds. The Balaban J connectivity index is 1.57. The number of fused-ring (bicyclic) bond motifs is 1. The lowest BCUT2D eigenvalue weighted by atomic mass is 9.90. The van der Waals surface area contributed by atoms with E-state index in [0.717, 1.165) is 10.5 Å². The van der Waals surface area contributed by atoms with Crippen molar-refractivity contribution in [2.75, 3.05) is 17.1 Å². The van der Waals surface area contributed by atoms with Gasteiger partial charge in [-0.05, 0) is 35.9 Å². The van der Waals surface area contributed by atoms with Gasteiger partial charge in [0.2, 0.25) is 5.91 Å². The molecule has 0 bridgehead atoms. The maximum absolute atomic E-state index is 13.6. The van der Waals surface area contributed by atoms with E-state index in [1.54, 1.807) is 24.3 Å². The Bertz CT molecular complexity index is 1230. The first-order valence-corrected chi connectivity index (χ1v) is 10.3. The van der Waals surface area contributed by atoms with Crippen LogP contribution in [0.5, 0.6) is 5.75 Å². The summed E-state index contributed by atoms with van der Waals surface area (Å²) in [6.07, 6.45) is -1.05. The number of hydrogen-bond donors (Lipinski definition) is 0.